The summed E-state index contributed by atoms with van der Waals surface area (Å²) in [6.45, 7) is 0. The van der Waals surface area contributed by atoms with E-state index in [4.69, 9.17) is 4.42 Å². The van der Waals surface area contributed by atoms with Crippen molar-refractivity contribution in [2.24, 2.45) is 0 Å². The lowest BCUT2D eigenvalue weighted by molar-refractivity contribution is 0.669. The summed E-state index contributed by atoms with van der Waals surface area (Å²) < 4.78 is 6.41. The van der Waals surface area contributed by atoms with Crippen LogP contribution in [0.1, 0.15) is 22.3 Å². The molecule has 0 atom stereocenters. The number of rotatable bonds is 9. The molecule has 12 aromatic carbocycles. The van der Waals surface area contributed by atoms with Crippen molar-refractivity contribution >= 4 is 49.8 Å². The molecule has 1 aliphatic carbocycles. The van der Waals surface area contributed by atoms with Crippen molar-refractivity contribution in [2.75, 3.05) is 4.90 Å². The SMILES string of the molecule is c1ccc(C2(c3ccccc3)c3ccccc3-c3c(-c4ccccc4N(c4ccc(-c5ccc(-c6ccc7ccccc7c6)cc5)cc4)c4cccc(-c5ccc6c(c5)oc5ccccc56)c4)cccc32)cc1. The zero-order chi connectivity index (χ0) is 48.3. The molecule has 0 fully saturated rings. The van der Waals surface area contributed by atoms with Crippen molar-refractivity contribution in [3.05, 3.63) is 307 Å². The number of furan rings is 1. The highest BCUT2D eigenvalue weighted by atomic mass is 16.3. The van der Waals surface area contributed by atoms with E-state index in [1.54, 1.807) is 0 Å². The van der Waals surface area contributed by atoms with Crippen molar-refractivity contribution in [3.8, 4) is 55.6 Å². The number of anilines is 3. The Bertz CT molecular complexity index is 4150. The Balaban J connectivity index is 0.923. The van der Waals surface area contributed by atoms with Crippen molar-refractivity contribution < 1.29 is 4.42 Å². The van der Waals surface area contributed by atoms with Gasteiger partial charge in [-0.1, -0.05) is 231 Å². The molecule has 14 rings (SSSR count). The highest BCUT2D eigenvalue weighted by molar-refractivity contribution is 6.06. The van der Waals surface area contributed by atoms with E-state index in [0.29, 0.717) is 0 Å². The van der Waals surface area contributed by atoms with E-state index >= 15 is 0 Å². The number of hydrogen-bond donors (Lipinski definition) is 0. The summed E-state index contributed by atoms with van der Waals surface area (Å²) in [5.74, 6) is 0. The van der Waals surface area contributed by atoms with Crippen LogP contribution >= 0.6 is 0 Å². The highest BCUT2D eigenvalue weighted by Gasteiger charge is 2.47. The third kappa shape index (κ3) is 7.02. The molecule has 0 unspecified atom stereocenters. The van der Waals surface area contributed by atoms with Gasteiger partial charge in [-0.25, -0.2) is 0 Å². The second kappa shape index (κ2) is 17.4. The van der Waals surface area contributed by atoms with E-state index in [1.807, 2.05) is 12.1 Å². The van der Waals surface area contributed by atoms with E-state index in [2.05, 4.69) is 278 Å². The third-order valence-corrected chi connectivity index (χ3v) is 15.2. The van der Waals surface area contributed by atoms with Crippen molar-refractivity contribution in [1.29, 1.82) is 0 Å². The van der Waals surface area contributed by atoms with E-state index < -0.39 is 5.41 Å². The molecule has 1 aromatic heterocycles. The number of benzene rings is 12. The lowest BCUT2D eigenvalue weighted by Gasteiger charge is -2.34. The first-order valence-corrected chi connectivity index (χ1v) is 25.1. The number of fused-ring (bicyclic) bond motifs is 7. The highest BCUT2D eigenvalue weighted by Crippen LogP contribution is 2.59. The van der Waals surface area contributed by atoms with Crippen molar-refractivity contribution in [3.63, 3.8) is 0 Å². The predicted octanol–water partition coefficient (Wildman–Crippen LogP) is 19.2. The molecule has 0 saturated carbocycles. The minimum atomic E-state index is -0.516. The fraction of sp³-hybridized carbons (Fsp3) is 0.0141. The first-order valence-electron chi connectivity index (χ1n) is 25.1. The van der Waals surface area contributed by atoms with Gasteiger partial charge in [-0.3, -0.25) is 0 Å². The summed E-state index contributed by atoms with van der Waals surface area (Å²) in [7, 11) is 0. The lowest BCUT2D eigenvalue weighted by Crippen LogP contribution is -2.28. The Kier molecular flexibility index (Phi) is 10.1. The minimum absolute atomic E-state index is 0.516. The summed E-state index contributed by atoms with van der Waals surface area (Å²) in [5, 5.41) is 4.75. The van der Waals surface area contributed by atoms with Gasteiger partial charge in [-0.15, -0.1) is 0 Å². The number of hydrogen-bond acceptors (Lipinski definition) is 2. The summed E-state index contributed by atoms with van der Waals surface area (Å²) in [6.07, 6.45) is 0. The lowest BCUT2D eigenvalue weighted by atomic mass is 9.67. The van der Waals surface area contributed by atoms with Gasteiger partial charge in [0.1, 0.15) is 11.2 Å². The normalized spacial score (nSPS) is 12.5. The van der Waals surface area contributed by atoms with Crippen LogP contribution in [0.2, 0.25) is 0 Å². The molecule has 2 heteroatoms. The maximum absolute atomic E-state index is 6.41. The van der Waals surface area contributed by atoms with Crippen LogP contribution in [0.5, 0.6) is 0 Å². The quantitative estimate of drug-likeness (QED) is 0.143. The molecule has 1 heterocycles. The maximum Gasteiger partial charge on any atom is 0.136 e. The molecule has 342 valence electrons. The van der Waals surface area contributed by atoms with Crippen LogP contribution in [0.3, 0.4) is 0 Å². The Hall–Kier alpha value is -9.50. The summed E-state index contributed by atoms with van der Waals surface area (Å²) in [6, 6.07) is 104. The molecule has 0 amide bonds. The fourth-order valence-electron chi connectivity index (χ4n) is 11.8. The third-order valence-electron chi connectivity index (χ3n) is 15.2. The van der Waals surface area contributed by atoms with Crippen LogP contribution < -0.4 is 4.90 Å². The average molecular weight is 930 g/mol. The Morgan fingerprint density at radius 2 is 0.822 bits per heavy atom. The van der Waals surface area contributed by atoms with Crippen LogP contribution in [-0.4, -0.2) is 0 Å². The summed E-state index contributed by atoms with van der Waals surface area (Å²) >= 11 is 0. The maximum atomic E-state index is 6.41. The van der Waals surface area contributed by atoms with E-state index in [-0.39, 0.29) is 0 Å². The average Bonchev–Trinajstić information content (AvgIpc) is 4.00. The summed E-state index contributed by atoms with van der Waals surface area (Å²) in [4.78, 5) is 2.44. The smallest absolute Gasteiger partial charge is 0.136 e. The van der Waals surface area contributed by atoms with Gasteiger partial charge in [0.25, 0.3) is 0 Å². The Morgan fingerprint density at radius 1 is 0.288 bits per heavy atom. The molecule has 0 N–H and O–H groups in total. The minimum Gasteiger partial charge on any atom is -0.456 e. The molecular weight excluding hydrogens is 883 g/mol. The zero-order valence-electron chi connectivity index (χ0n) is 40.0. The fourth-order valence-corrected chi connectivity index (χ4v) is 11.8. The number of nitrogens with zero attached hydrogens (tertiary/aromatic N) is 1. The van der Waals surface area contributed by atoms with Gasteiger partial charge in [0.15, 0.2) is 0 Å². The second-order valence-electron chi connectivity index (χ2n) is 19.2. The van der Waals surface area contributed by atoms with Gasteiger partial charge < -0.3 is 9.32 Å². The van der Waals surface area contributed by atoms with Gasteiger partial charge in [-0.2, -0.15) is 0 Å². The van der Waals surface area contributed by atoms with Gasteiger partial charge in [0.05, 0.1) is 11.1 Å². The van der Waals surface area contributed by atoms with Gasteiger partial charge in [-0.05, 0) is 138 Å². The topological polar surface area (TPSA) is 16.4 Å². The van der Waals surface area contributed by atoms with Gasteiger partial charge >= 0.3 is 0 Å². The molecule has 13 aromatic rings. The monoisotopic (exact) mass is 929 g/mol. The summed E-state index contributed by atoms with van der Waals surface area (Å²) in [5.41, 5.74) is 21.3. The molecule has 0 aliphatic heterocycles. The van der Waals surface area contributed by atoms with Crippen LogP contribution in [0.15, 0.2) is 290 Å². The van der Waals surface area contributed by atoms with Crippen LogP contribution in [0.4, 0.5) is 17.1 Å². The zero-order valence-corrected chi connectivity index (χ0v) is 40.0. The van der Waals surface area contributed by atoms with Crippen molar-refractivity contribution in [2.45, 2.75) is 5.41 Å². The van der Waals surface area contributed by atoms with Crippen LogP contribution in [0, 0.1) is 0 Å². The second-order valence-corrected chi connectivity index (χ2v) is 19.2. The van der Waals surface area contributed by atoms with E-state index in [0.717, 1.165) is 61.3 Å². The van der Waals surface area contributed by atoms with Gasteiger partial charge in [0, 0.05) is 27.7 Å². The predicted molar refractivity (Wildman–Crippen MR) is 305 cm³/mol. The van der Waals surface area contributed by atoms with Crippen LogP contribution in [0.25, 0.3) is 88.3 Å². The molecular formula is C71H47NO. The Labute approximate surface area is 425 Å². The van der Waals surface area contributed by atoms with E-state index in [9.17, 15) is 0 Å². The van der Waals surface area contributed by atoms with E-state index in [1.165, 1.54) is 66.4 Å². The first-order chi connectivity index (χ1) is 36.2. The Morgan fingerprint density at radius 3 is 1.60 bits per heavy atom. The van der Waals surface area contributed by atoms with Gasteiger partial charge in [0.2, 0.25) is 0 Å². The molecule has 0 radical (unpaired) electrons. The standard InChI is InChI=1S/C71H47NO/c1-3-20-56(21-4-1)71(57-22-5-2-6-23-57)65-29-12-9-27-64(65)70-63(28-16-30-66(70)71)60-25-10-13-31-67(60)72(59-24-15-19-53(46-59)55-41-44-62-61-26-11-14-32-68(61)73-69(62)47-55)58-42-39-50(40-43-58)49-33-35-51(36-34-49)54-38-37-48-17-7-8-18-52(48)45-54/h1-47H. The number of para-hydroxylation sites is 2. The largest absolute Gasteiger partial charge is 0.456 e. The van der Waals surface area contributed by atoms with Crippen molar-refractivity contribution in [1.82, 2.24) is 0 Å². The van der Waals surface area contributed by atoms with Crippen LogP contribution in [-0.2, 0) is 5.41 Å². The molecule has 1 aliphatic rings. The molecule has 2 nitrogen and oxygen atoms in total. The molecule has 0 spiro atoms. The molecule has 0 bridgehead atoms. The first kappa shape index (κ1) is 42.4. The molecule has 73 heavy (non-hydrogen) atoms. The molecule has 0 saturated heterocycles.